The molecule has 0 amide bonds. The second-order valence-electron chi connectivity index (χ2n) is 3.07. The van der Waals surface area contributed by atoms with Gasteiger partial charge in [-0.1, -0.05) is 0 Å². The molecule has 84 valence electrons. The Morgan fingerprint density at radius 3 is 2.75 bits per heavy atom. The molecule has 0 bridgehead atoms. The number of rotatable bonds is 2. The van der Waals surface area contributed by atoms with Gasteiger partial charge in [0.25, 0.3) is 0 Å². The Bertz CT molecular complexity index is 496. The molecular weight excluding hydrogens is 345 g/mol. The van der Waals surface area contributed by atoms with Crippen LogP contribution >= 0.6 is 31.9 Å². The third kappa shape index (κ3) is 2.18. The quantitative estimate of drug-likeness (QED) is 0.902. The minimum Gasteiger partial charge on any atom is -0.450 e. The maximum Gasteiger partial charge on any atom is 0.183 e. The summed E-state index contributed by atoms with van der Waals surface area (Å²) in [6, 6.07) is 2.99. The summed E-state index contributed by atoms with van der Waals surface area (Å²) in [4.78, 5) is 3.61. The van der Waals surface area contributed by atoms with Crippen molar-refractivity contribution in [1.82, 2.24) is 4.98 Å². The first-order valence-corrected chi connectivity index (χ1v) is 5.90. The third-order valence-electron chi connectivity index (χ3n) is 2.03. The first kappa shape index (κ1) is 11.8. The van der Waals surface area contributed by atoms with Crippen LogP contribution in [0.15, 0.2) is 38.1 Å². The van der Waals surface area contributed by atoms with Gasteiger partial charge in [-0.15, -0.1) is 0 Å². The van der Waals surface area contributed by atoms with Crippen molar-refractivity contribution in [2.24, 2.45) is 0 Å². The molecule has 0 aromatic carbocycles. The molecule has 1 atom stereocenters. The van der Waals surface area contributed by atoms with E-state index in [0.717, 1.165) is 6.20 Å². The van der Waals surface area contributed by atoms with Crippen LogP contribution in [-0.4, -0.2) is 10.1 Å². The van der Waals surface area contributed by atoms with Gasteiger partial charge in [-0.05, 0) is 44.0 Å². The lowest BCUT2D eigenvalue weighted by Gasteiger charge is -2.07. The highest BCUT2D eigenvalue weighted by molar-refractivity contribution is 9.13. The van der Waals surface area contributed by atoms with E-state index in [0.29, 0.717) is 9.14 Å². The SMILES string of the molecule is OC(c1cc(Br)c(Br)o1)c1ccncc1F. The molecule has 0 aliphatic carbocycles. The number of aliphatic hydroxyl groups is 1. The van der Waals surface area contributed by atoms with E-state index < -0.39 is 11.9 Å². The van der Waals surface area contributed by atoms with Crippen molar-refractivity contribution in [2.45, 2.75) is 6.10 Å². The molecule has 0 aliphatic rings. The Labute approximate surface area is 108 Å². The number of aromatic nitrogens is 1. The number of pyridine rings is 1. The van der Waals surface area contributed by atoms with Crippen LogP contribution in [-0.2, 0) is 0 Å². The van der Waals surface area contributed by atoms with Gasteiger partial charge in [-0.25, -0.2) is 4.39 Å². The highest BCUT2D eigenvalue weighted by Gasteiger charge is 2.19. The van der Waals surface area contributed by atoms with Crippen LogP contribution in [0.25, 0.3) is 0 Å². The second kappa shape index (κ2) is 4.65. The summed E-state index contributed by atoms with van der Waals surface area (Å²) >= 11 is 6.36. The number of aliphatic hydroxyl groups excluding tert-OH is 1. The fraction of sp³-hybridized carbons (Fsp3) is 0.100. The Balaban J connectivity index is 2.39. The smallest absolute Gasteiger partial charge is 0.183 e. The topological polar surface area (TPSA) is 46.3 Å². The molecule has 0 spiro atoms. The predicted molar refractivity (Wildman–Crippen MR) is 62.4 cm³/mol. The summed E-state index contributed by atoms with van der Waals surface area (Å²) in [6.45, 7) is 0. The minimum atomic E-state index is -1.15. The molecule has 0 fully saturated rings. The summed E-state index contributed by atoms with van der Waals surface area (Å²) in [5.41, 5.74) is 0.128. The molecule has 1 N–H and O–H groups in total. The van der Waals surface area contributed by atoms with Crippen molar-refractivity contribution in [3.63, 3.8) is 0 Å². The van der Waals surface area contributed by atoms with Crippen LogP contribution in [0, 0.1) is 5.82 Å². The lowest BCUT2D eigenvalue weighted by atomic mass is 10.1. The van der Waals surface area contributed by atoms with Crippen LogP contribution in [0.3, 0.4) is 0 Å². The molecule has 2 rings (SSSR count). The molecule has 0 radical (unpaired) electrons. The summed E-state index contributed by atoms with van der Waals surface area (Å²) in [5, 5.41) is 9.91. The number of furan rings is 1. The van der Waals surface area contributed by atoms with E-state index in [9.17, 15) is 9.50 Å². The van der Waals surface area contributed by atoms with E-state index in [2.05, 4.69) is 36.8 Å². The van der Waals surface area contributed by atoms with Gasteiger partial charge in [0, 0.05) is 11.8 Å². The molecule has 6 heteroatoms. The molecule has 1 unspecified atom stereocenters. The molecular formula is C10H6Br2FNO2. The average Bonchev–Trinajstić information content (AvgIpc) is 2.59. The van der Waals surface area contributed by atoms with E-state index in [1.807, 2.05) is 0 Å². The van der Waals surface area contributed by atoms with Gasteiger partial charge in [-0.2, -0.15) is 0 Å². The summed E-state index contributed by atoms with van der Waals surface area (Å²) in [7, 11) is 0. The van der Waals surface area contributed by atoms with Crippen LogP contribution in [0.2, 0.25) is 0 Å². The summed E-state index contributed by atoms with van der Waals surface area (Å²) in [5.74, 6) is -0.317. The second-order valence-corrected chi connectivity index (χ2v) is 4.64. The zero-order chi connectivity index (χ0) is 11.7. The Kier molecular flexibility index (Phi) is 3.41. The minimum absolute atomic E-state index is 0.128. The fourth-order valence-corrected chi connectivity index (χ4v) is 1.87. The highest BCUT2D eigenvalue weighted by atomic mass is 79.9. The zero-order valence-electron chi connectivity index (χ0n) is 7.82. The molecule has 0 saturated heterocycles. The normalized spacial score (nSPS) is 12.8. The standard InChI is InChI=1S/C10H6Br2FNO2/c11-6-3-8(16-10(6)12)9(15)5-1-2-14-4-7(5)13/h1-4,9,15H. The van der Waals surface area contributed by atoms with Gasteiger partial charge in [-0.3, -0.25) is 4.98 Å². The van der Waals surface area contributed by atoms with Crippen LogP contribution in [0.5, 0.6) is 0 Å². The van der Waals surface area contributed by atoms with Gasteiger partial charge in [0.1, 0.15) is 17.7 Å². The zero-order valence-corrected chi connectivity index (χ0v) is 11.0. The largest absolute Gasteiger partial charge is 0.450 e. The monoisotopic (exact) mass is 349 g/mol. The lowest BCUT2D eigenvalue weighted by molar-refractivity contribution is 0.183. The number of hydrogen-bond acceptors (Lipinski definition) is 3. The van der Waals surface area contributed by atoms with Crippen LogP contribution in [0.4, 0.5) is 4.39 Å². The number of hydrogen-bond donors (Lipinski definition) is 1. The van der Waals surface area contributed by atoms with Crippen molar-refractivity contribution in [3.05, 3.63) is 50.8 Å². The van der Waals surface area contributed by atoms with Crippen molar-refractivity contribution >= 4 is 31.9 Å². The third-order valence-corrected chi connectivity index (χ3v) is 3.74. The molecule has 0 aliphatic heterocycles. The van der Waals surface area contributed by atoms with Crippen molar-refractivity contribution in [1.29, 1.82) is 0 Å². The molecule has 3 nitrogen and oxygen atoms in total. The van der Waals surface area contributed by atoms with E-state index in [4.69, 9.17) is 4.42 Å². The van der Waals surface area contributed by atoms with E-state index >= 15 is 0 Å². The Morgan fingerprint density at radius 1 is 1.44 bits per heavy atom. The first-order chi connectivity index (χ1) is 7.59. The van der Waals surface area contributed by atoms with E-state index in [1.54, 1.807) is 6.07 Å². The van der Waals surface area contributed by atoms with Crippen molar-refractivity contribution in [3.8, 4) is 0 Å². The number of halogens is 3. The Morgan fingerprint density at radius 2 is 2.19 bits per heavy atom. The summed E-state index contributed by atoms with van der Waals surface area (Å²) < 4.78 is 19.7. The predicted octanol–water partition coefficient (Wildman–Crippen LogP) is 3.42. The van der Waals surface area contributed by atoms with E-state index in [1.165, 1.54) is 12.3 Å². The number of nitrogens with zero attached hydrogens (tertiary/aromatic N) is 1. The maximum absolute atomic E-state index is 13.3. The van der Waals surface area contributed by atoms with Gasteiger partial charge >= 0.3 is 0 Å². The van der Waals surface area contributed by atoms with Gasteiger partial charge in [0.2, 0.25) is 0 Å². The fourth-order valence-electron chi connectivity index (χ4n) is 1.26. The molecule has 2 heterocycles. The van der Waals surface area contributed by atoms with Crippen molar-refractivity contribution < 1.29 is 13.9 Å². The molecule has 2 aromatic heterocycles. The van der Waals surface area contributed by atoms with Crippen molar-refractivity contribution in [2.75, 3.05) is 0 Å². The highest BCUT2D eigenvalue weighted by Crippen LogP contribution is 2.32. The Hall–Kier alpha value is -0.720. The maximum atomic E-state index is 13.3. The molecule has 2 aromatic rings. The lowest BCUT2D eigenvalue weighted by Crippen LogP contribution is -2.01. The van der Waals surface area contributed by atoms with Gasteiger partial charge in [0.05, 0.1) is 10.7 Å². The van der Waals surface area contributed by atoms with Gasteiger partial charge < -0.3 is 9.52 Å². The first-order valence-electron chi connectivity index (χ1n) is 4.32. The van der Waals surface area contributed by atoms with E-state index in [-0.39, 0.29) is 11.3 Å². The van der Waals surface area contributed by atoms with Gasteiger partial charge in [0.15, 0.2) is 4.67 Å². The van der Waals surface area contributed by atoms with Crippen LogP contribution in [0.1, 0.15) is 17.4 Å². The molecule has 16 heavy (non-hydrogen) atoms. The molecule has 0 saturated carbocycles. The summed E-state index contributed by atoms with van der Waals surface area (Å²) in [6.07, 6.45) is 1.31. The average molecular weight is 351 g/mol. The van der Waals surface area contributed by atoms with Crippen LogP contribution < -0.4 is 0 Å².